The van der Waals surface area contributed by atoms with Crippen LogP contribution in [0.25, 0.3) is 22.0 Å². The first-order valence-electron chi connectivity index (χ1n) is 12.0. The average molecular weight is 588 g/mol. The van der Waals surface area contributed by atoms with Gasteiger partial charge in [-0.2, -0.15) is 0 Å². The normalized spacial score (nSPS) is 13.9. The minimum atomic E-state index is -4.62. The number of hydrogen-bond donors (Lipinski definition) is 2. The summed E-state index contributed by atoms with van der Waals surface area (Å²) in [5.41, 5.74) is 2.48. The monoisotopic (exact) mass is 587 g/mol. The highest BCUT2D eigenvalue weighted by atomic mass is 32.2. The molecule has 3 aromatic carbocycles. The summed E-state index contributed by atoms with van der Waals surface area (Å²) in [7, 11) is -11.5. The number of benzene rings is 3. The predicted octanol–water partition coefficient (Wildman–Crippen LogP) is 5.05. The van der Waals surface area contributed by atoms with Gasteiger partial charge < -0.3 is 9.79 Å². The molecule has 0 saturated carbocycles. The van der Waals surface area contributed by atoms with Crippen LogP contribution in [0.1, 0.15) is 36.2 Å². The van der Waals surface area contributed by atoms with Crippen LogP contribution in [0, 0.1) is 0 Å². The van der Waals surface area contributed by atoms with Crippen LogP contribution in [0.15, 0.2) is 83.9 Å². The molecule has 39 heavy (non-hydrogen) atoms. The minimum Gasteiger partial charge on any atom is -0.324 e. The van der Waals surface area contributed by atoms with Crippen molar-refractivity contribution in [2.45, 2.75) is 35.6 Å². The lowest BCUT2D eigenvalue weighted by atomic mass is 9.92. The van der Waals surface area contributed by atoms with E-state index in [2.05, 4.69) is 4.98 Å². The summed E-state index contributed by atoms with van der Waals surface area (Å²) < 4.78 is 60.2. The van der Waals surface area contributed by atoms with Gasteiger partial charge in [-0.1, -0.05) is 42.5 Å². The van der Waals surface area contributed by atoms with E-state index in [4.69, 9.17) is 0 Å². The zero-order chi connectivity index (χ0) is 28.8. The van der Waals surface area contributed by atoms with Crippen LogP contribution in [-0.2, 0) is 35.4 Å². The molecular formula is C28H30NO7PS2. The van der Waals surface area contributed by atoms with Gasteiger partial charge in [-0.15, -0.1) is 0 Å². The minimum absolute atomic E-state index is 0.00375. The molecule has 0 spiro atoms. The van der Waals surface area contributed by atoms with Crippen molar-refractivity contribution >= 4 is 38.2 Å². The van der Waals surface area contributed by atoms with Crippen LogP contribution in [-0.4, -0.2) is 44.1 Å². The Hall–Kier alpha value is -2.88. The molecule has 8 nitrogen and oxygen atoms in total. The standard InChI is InChI=1S/C28H30NO7PS2/c1-28(2,39(4,35)36)23-17-22-9-6-14-29-27(22)25(18-23)21-8-5-7-19(15-21)16-26(37(30,31)32)20-10-12-24(13-11-20)38(3,33)34/h5-15,17-18,26H,16H2,1-4H3,(H2,30,31,32). The van der Waals surface area contributed by atoms with Gasteiger partial charge in [0.1, 0.15) is 0 Å². The molecule has 0 aliphatic rings. The lowest BCUT2D eigenvalue weighted by molar-refractivity contribution is 0.358. The molecule has 0 aliphatic heterocycles. The zero-order valence-corrected chi connectivity index (χ0v) is 24.5. The maximum atomic E-state index is 12.6. The quantitative estimate of drug-likeness (QED) is 0.273. The average Bonchev–Trinajstić information content (AvgIpc) is 2.85. The topological polar surface area (TPSA) is 139 Å². The summed E-state index contributed by atoms with van der Waals surface area (Å²) in [6.07, 6.45) is 3.92. The number of rotatable bonds is 8. The fourth-order valence-corrected chi connectivity index (χ4v) is 6.62. The molecule has 0 radical (unpaired) electrons. The van der Waals surface area contributed by atoms with Crippen LogP contribution in [0.4, 0.5) is 0 Å². The Morgan fingerprint density at radius 3 is 2.15 bits per heavy atom. The van der Waals surface area contributed by atoms with Crippen molar-refractivity contribution in [1.82, 2.24) is 4.98 Å². The number of fused-ring (bicyclic) bond motifs is 1. The van der Waals surface area contributed by atoms with Gasteiger partial charge in [-0.25, -0.2) is 16.8 Å². The summed E-state index contributed by atoms with van der Waals surface area (Å²) in [5, 5.41) is 0.770. The van der Waals surface area contributed by atoms with Crippen LogP contribution in [0.2, 0.25) is 0 Å². The van der Waals surface area contributed by atoms with Crippen molar-refractivity contribution in [1.29, 1.82) is 0 Å². The van der Waals surface area contributed by atoms with E-state index < -0.39 is 37.7 Å². The molecule has 1 unspecified atom stereocenters. The fourth-order valence-electron chi connectivity index (χ4n) is 4.43. The fraction of sp³-hybridized carbons (Fsp3) is 0.250. The lowest BCUT2D eigenvalue weighted by Gasteiger charge is -2.24. The number of pyridine rings is 1. The first-order valence-corrected chi connectivity index (χ1v) is 17.5. The number of nitrogens with zero attached hydrogens (tertiary/aromatic N) is 1. The Morgan fingerprint density at radius 2 is 1.56 bits per heavy atom. The Labute approximate surface area is 228 Å². The molecule has 0 saturated heterocycles. The maximum absolute atomic E-state index is 12.6. The van der Waals surface area contributed by atoms with E-state index in [9.17, 15) is 31.2 Å². The Bertz CT molecular complexity index is 1810. The molecule has 206 valence electrons. The molecule has 0 amide bonds. The van der Waals surface area contributed by atoms with Crippen molar-refractivity contribution in [3.8, 4) is 11.1 Å². The van der Waals surface area contributed by atoms with Crippen molar-refractivity contribution in [3.05, 3.63) is 95.7 Å². The van der Waals surface area contributed by atoms with E-state index >= 15 is 0 Å². The maximum Gasteiger partial charge on any atom is 0.333 e. The summed E-state index contributed by atoms with van der Waals surface area (Å²) in [6.45, 7) is 3.31. The molecule has 0 bridgehead atoms. The molecule has 11 heteroatoms. The number of hydrogen-bond acceptors (Lipinski definition) is 6. The predicted molar refractivity (Wildman–Crippen MR) is 153 cm³/mol. The highest BCUT2D eigenvalue weighted by Crippen LogP contribution is 2.53. The molecular weight excluding hydrogens is 557 g/mol. The molecule has 0 aliphatic carbocycles. The van der Waals surface area contributed by atoms with E-state index in [1.54, 1.807) is 44.3 Å². The first kappa shape index (κ1) is 29.1. The van der Waals surface area contributed by atoms with Gasteiger partial charge in [-0.05, 0) is 72.9 Å². The lowest BCUT2D eigenvalue weighted by Crippen LogP contribution is -2.28. The van der Waals surface area contributed by atoms with Gasteiger partial charge in [0.15, 0.2) is 19.7 Å². The second kappa shape index (κ2) is 10.3. The van der Waals surface area contributed by atoms with E-state index in [-0.39, 0.29) is 11.3 Å². The van der Waals surface area contributed by atoms with Crippen molar-refractivity contribution < 1.29 is 31.2 Å². The van der Waals surface area contributed by atoms with E-state index in [1.165, 1.54) is 30.5 Å². The molecule has 1 atom stereocenters. The Morgan fingerprint density at radius 1 is 0.897 bits per heavy atom. The van der Waals surface area contributed by atoms with E-state index in [1.807, 2.05) is 24.3 Å². The van der Waals surface area contributed by atoms with E-state index in [0.717, 1.165) is 17.2 Å². The van der Waals surface area contributed by atoms with Gasteiger partial charge in [0.2, 0.25) is 0 Å². The summed E-state index contributed by atoms with van der Waals surface area (Å²) in [6, 6.07) is 20.0. The third-order valence-electron chi connectivity index (χ3n) is 7.09. The second-order valence-electron chi connectivity index (χ2n) is 10.2. The highest BCUT2D eigenvalue weighted by molar-refractivity contribution is 7.91. The largest absolute Gasteiger partial charge is 0.333 e. The summed E-state index contributed by atoms with van der Waals surface area (Å²) in [4.78, 5) is 24.9. The number of sulfone groups is 2. The van der Waals surface area contributed by atoms with Gasteiger partial charge >= 0.3 is 7.60 Å². The Kier molecular flexibility index (Phi) is 7.66. The summed E-state index contributed by atoms with van der Waals surface area (Å²) in [5.74, 6) is 0. The molecule has 1 aromatic heterocycles. The molecule has 2 N–H and O–H groups in total. The number of aromatic nitrogens is 1. The Balaban J connectivity index is 1.81. The van der Waals surface area contributed by atoms with Crippen LogP contribution < -0.4 is 0 Å². The van der Waals surface area contributed by atoms with Gasteiger partial charge in [-0.3, -0.25) is 9.55 Å². The zero-order valence-electron chi connectivity index (χ0n) is 21.9. The first-order chi connectivity index (χ1) is 18.0. The van der Waals surface area contributed by atoms with Gasteiger partial charge in [0.05, 0.1) is 20.8 Å². The van der Waals surface area contributed by atoms with E-state index in [0.29, 0.717) is 27.8 Å². The third-order valence-corrected chi connectivity index (χ3v) is 11.6. The molecule has 1 heterocycles. The highest BCUT2D eigenvalue weighted by Gasteiger charge is 2.34. The molecule has 4 rings (SSSR count). The molecule has 0 fully saturated rings. The SMILES string of the molecule is CC(C)(c1cc(-c2cccc(CC(c3ccc(S(C)(=O)=O)cc3)P(=O)(O)O)c2)c2ncccc2c1)S(C)(=O)=O. The van der Waals surface area contributed by atoms with Crippen molar-refractivity contribution in [2.75, 3.05) is 12.5 Å². The van der Waals surface area contributed by atoms with Crippen LogP contribution in [0.3, 0.4) is 0 Å². The van der Waals surface area contributed by atoms with Gasteiger partial charge in [0.25, 0.3) is 0 Å². The summed E-state index contributed by atoms with van der Waals surface area (Å²) >= 11 is 0. The van der Waals surface area contributed by atoms with Crippen LogP contribution >= 0.6 is 7.60 Å². The third kappa shape index (κ3) is 6.15. The second-order valence-corrected chi connectivity index (χ2v) is 16.6. The van der Waals surface area contributed by atoms with Gasteiger partial charge in [0, 0.05) is 29.7 Å². The van der Waals surface area contributed by atoms with Crippen molar-refractivity contribution in [2.24, 2.45) is 0 Å². The smallest absolute Gasteiger partial charge is 0.324 e. The molecule has 4 aromatic rings. The van der Waals surface area contributed by atoms with Crippen molar-refractivity contribution in [3.63, 3.8) is 0 Å². The van der Waals surface area contributed by atoms with Crippen LogP contribution in [0.5, 0.6) is 0 Å².